The maximum absolute atomic E-state index is 13.6. The molecule has 0 aliphatic rings. The molecule has 0 N–H and O–H groups in total. The summed E-state index contributed by atoms with van der Waals surface area (Å²) in [4.78, 5) is 12.0. The third-order valence-corrected chi connectivity index (χ3v) is 4.07. The second-order valence-corrected chi connectivity index (χ2v) is 7.73. The van der Waals surface area contributed by atoms with E-state index in [-0.39, 0.29) is 5.56 Å². The molecule has 1 aromatic carbocycles. The molecule has 1 rings (SSSR count). The highest BCUT2D eigenvalue weighted by molar-refractivity contribution is 9.11. The predicted molar refractivity (Wildman–Crippen MR) is 92.2 cm³/mol. The highest BCUT2D eigenvalue weighted by atomic mass is 79.9. The first-order valence-corrected chi connectivity index (χ1v) is 8.38. The van der Waals surface area contributed by atoms with Gasteiger partial charge >= 0.3 is 12.1 Å². The number of rotatable bonds is 4. The molecular weight excluding hydrogens is 457 g/mol. The van der Waals surface area contributed by atoms with E-state index in [1.165, 1.54) is 19.2 Å². The Hall–Kier alpha value is -1.02. The summed E-state index contributed by atoms with van der Waals surface area (Å²) in [5, 5.41) is 0. The SMILES string of the molecule is C=C(C(=O)OC(C)(C)C)C(c1cc(Br)c(OC)c(Br)c1)C(F)(F)F. The van der Waals surface area contributed by atoms with Crippen LogP contribution in [0.3, 0.4) is 0 Å². The van der Waals surface area contributed by atoms with E-state index in [2.05, 4.69) is 38.4 Å². The van der Waals surface area contributed by atoms with E-state index in [1.54, 1.807) is 20.8 Å². The minimum absolute atomic E-state index is 0.155. The van der Waals surface area contributed by atoms with Crippen LogP contribution in [0.1, 0.15) is 32.3 Å². The summed E-state index contributed by atoms with van der Waals surface area (Å²) < 4.78 is 51.4. The second-order valence-electron chi connectivity index (χ2n) is 6.02. The van der Waals surface area contributed by atoms with Crippen LogP contribution in [-0.4, -0.2) is 24.9 Å². The number of benzene rings is 1. The number of ether oxygens (including phenoxy) is 2. The summed E-state index contributed by atoms with van der Waals surface area (Å²) >= 11 is 6.32. The van der Waals surface area contributed by atoms with Crippen LogP contribution in [0.2, 0.25) is 0 Å². The van der Waals surface area contributed by atoms with E-state index in [4.69, 9.17) is 9.47 Å². The highest BCUT2D eigenvalue weighted by Gasteiger charge is 2.46. The molecule has 0 saturated carbocycles. The van der Waals surface area contributed by atoms with E-state index >= 15 is 0 Å². The molecule has 0 aliphatic heterocycles. The Morgan fingerprint density at radius 3 is 1.96 bits per heavy atom. The maximum Gasteiger partial charge on any atom is 0.399 e. The number of hydrogen-bond donors (Lipinski definition) is 0. The predicted octanol–water partition coefficient (Wildman–Crippen LogP) is 5.76. The van der Waals surface area contributed by atoms with Gasteiger partial charge in [-0.15, -0.1) is 0 Å². The topological polar surface area (TPSA) is 35.5 Å². The minimum Gasteiger partial charge on any atom is -0.494 e. The van der Waals surface area contributed by atoms with Crippen LogP contribution in [0.15, 0.2) is 33.2 Å². The zero-order valence-electron chi connectivity index (χ0n) is 13.6. The first-order chi connectivity index (χ1) is 10.8. The van der Waals surface area contributed by atoms with Crippen LogP contribution >= 0.6 is 31.9 Å². The molecule has 0 spiro atoms. The lowest BCUT2D eigenvalue weighted by atomic mass is 9.91. The van der Waals surface area contributed by atoms with E-state index in [0.717, 1.165) is 0 Å². The van der Waals surface area contributed by atoms with Crippen molar-refractivity contribution in [3.63, 3.8) is 0 Å². The number of halogens is 5. The van der Waals surface area contributed by atoms with Gasteiger partial charge in [-0.3, -0.25) is 0 Å². The molecule has 0 aromatic heterocycles. The van der Waals surface area contributed by atoms with Crippen molar-refractivity contribution in [2.45, 2.75) is 38.5 Å². The van der Waals surface area contributed by atoms with Crippen molar-refractivity contribution >= 4 is 37.8 Å². The lowest BCUT2D eigenvalue weighted by molar-refractivity contribution is -0.161. The van der Waals surface area contributed by atoms with Crippen LogP contribution in [0.5, 0.6) is 5.75 Å². The number of esters is 1. The standard InChI is InChI=1S/C16H17Br2F3O3/c1-8(14(22)24-15(2,3)4)12(16(19,20)21)9-6-10(17)13(23-5)11(18)7-9/h6-7,12H,1H2,2-5H3. The molecule has 0 saturated heterocycles. The van der Waals surface area contributed by atoms with Crippen LogP contribution in [0, 0.1) is 0 Å². The fourth-order valence-corrected chi connectivity index (χ4v) is 3.54. The average molecular weight is 474 g/mol. The lowest BCUT2D eigenvalue weighted by Gasteiger charge is -2.26. The molecular formula is C16H17Br2F3O3. The summed E-state index contributed by atoms with van der Waals surface area (Å²) in [5.41, 5.74) is -1.75. The fraction of sp³-hybridized carbons (Fsp3) is 0.438. The Bertz CT molecular complexity index is 626. The molecule has 0 fully saturated rings. The Labute approximate surface area is 155 Å². The third kappa shape index (κ3) is 5.24. The molecule has 0 aliphatic carbocycles. The fourth-order valence-electron chi connectivity index (χ4n) is 1.99. The van der Waals surface area contributed by atoms with Gasteiger partial charge in [-0.25, -0.2) is 4.79 Å². The number of carbonyl (C=O) groups excluding carboxylic acids is 1. The van der Waals surface area contributed by atoms with Gasteiger partial charge in [-0.1, -0.05) is 6.58 Å². The molecule has 1 aromatic rings. The van der Waals surface area contributed by atoms with Gasteiger partial charge in [-0.05, 0) is 70.3 Å². The molecule has 134 valence electrons. The van der Waals surface area contributed by atoms with Crippen molar-refractivity contribution in [2.75, 3.05) is 7.11 Å². The first-order valence-electron chi connectivity index (χ1n) is 6.79. The summed E-state index contributed by atoms with van der Waals surface area (Å²) in [6.07, 6.45) is -4.71. The van der Waals surface area contributed by atoms with E-state index < -0.39 is 29.2 Å². The van der Waals surface area contributed by atoms with Crippen molar-refractivity contribution in [3.05, 3.63) is 38.8 Å². The smallest absolute Gasteiger partial charge is 0.399 e. The summed E-state index contributed by atoms with van der Waals surface area (Å²) in [7, 11) is 1.39. The van der Waals surface area contributed by atoms with E-state index in [9.17, 15) is 18.0 Å². The molecule has 0 bridgehead atoms. The maximum atomic E-state index is 13.6. The summed E-state index contributed by atoms with van der Waals surface area (Å²) in [6, 6.07) is 2.49. The van der Waals surface area contributed by atoms with Gasteiger partial charge in [0.2, 0.25) is 0 Å². The van der Waals surface area contributed by atoms with Crippen molar-refractivity contribution in [1.82, 2.24) is 0 Å². The average Bonchev–Trinajstić information content (AvgIpc) is 2.34. The van der Waals surface area contributed by atoms with Gasteiger partial charge in [0.25, 0.3) is 0 Å². The molecule has 0 radical (unpaired) electrons. The zero-order chi connectivity index (χ0) is 18.9. The number of alkyl halides is 3. The van der Waals surface area contributed by atoms with Crippen molar-refractivity contribution in [1.29, 1.82) is 0 Å². The molecule has 1 atom stereocenters. The largest absolute Gasteiger partial charge is 0.494 e. The van der Waals surface area contributed by atoms with Gasteiger partial charge in [-0.2, -0.15) is 13.2 Å². The molecule has 1 unspecified atom stereocenters. The Morgan fingerprint density at radius 1 is 1.17 bits per heavy atom. The third-order valence-electron chi connectivity index (χ3n) is 2.89. The van der Waals surface area contributed by atoms with E-state index in [0.29, 0.717) is 14.7 Å². The van der Waals surface area contributed by atoms with Gasteiger partial charge in [0, 0.05) is 5.57 Å². The summed E-state index contributed by atoms with van der Waals surface area (Å²) in [6.45, 7) is 8.04. The Balaban J connectivity index is 3.35. The van der Waals surface area contributed by atoms with Crippen molar-refractivity contribution in [2.24, 2.45) is 0 Å². The van der Waals surface area contributed by atoms with Gasteiger partial charge < -0.3 is 9.47 Å². The number of hydrogen-bond acceptors (Lipinski definition) is 3. The van der Waals surface area contributed by atoms with Crippen LogP contribution in [0.25, 0.3) is 0 Å². The monoisotopic (exact) mass is 472 g/mol. The van der Waals surface area contributed by atoms with Gasteiger partial charge in [0.1, 0.15) is 17.3 Å². The minimum atomic E-state index is -4.71. The molecule has 0 heterocycles. The highest BCUT2D eigenvalue weighted by Crippen LogP contribution is 2.44. The van der Waals surface area contributed by atoms with Crippen LogP contribution in [-0.2, 0) is 9.53 Å². The van der Waals surface area contributed by atoms with Gasteiger partial charge in [0.15, 0.2) is 0 Å². The lowest BCUT2D eigenvalue weighted by Crippen LogP contribution is -2.31. The van der Waals surface area contributed by atoms with Crippen molar-refractivity contribution in [3.8, 4) is 5.75 Å². The van der Waals surface area contributed by atoms with Crippen LogP contribution < -0.4 is 4.74 Å². The summed E-state index contributed by atoms with van der Waals surface area (Å²) in [5.74, 6) is -2.93. The normalized spacial score (nSPS) is 13.4. The Kier molecular flexibility index (Phi) is 6.55. The Morgan fingerprint density at radius 2 is 1.62 bits per heavy atom. The van der Waals surface area contributed by atoms with Crippen molar-refractivity contribution < 1.29 is 27.4 Å². The molecule has 0 amide bonds. The zero-order valence-corrected chi connectivity index (χ0v) is 16.7. The van der Waals surface area contributed by atoms with Gasteiger partial charge in [0.05, 0.1) is 16.1 Å². The quantitative estimate of drug-likeness (QED) is 0.411. The van der Waals surface area contributed by atoms with Crippen LogP contribution in [0.4, 0.5) is 13.2 Å². The molecule has 3 nitrogen and oxygen atoms in total. The number of methoxy groups -OCH3 is 1. The molecule has 8 heteroatoms. The second kappa shape index (κ2) is 7.47. The first kappa shape index (κ1) is 21.0. The number of carbonyl (C=O) groups is 1. The molecule has 24 heavy (non-hydrogen) atoms. The van der Waals surface area contributed by atoms with E-state index in [1.807, 2.05) is 0 Å².